The van der Waals surface area contributed by atoms with Crippen molar-refractivity contribution in [2.45, 2.75) is 13.8 Å². The zero-order chi connectivity index (χ0) is 11.4. The van der Waals surface area contributed by atoms with Crippen molar-refractivity contribution in [2.24, 2.45) is 5.18 Å². The van der Waals surface area contributed by atoms with Gasteiger partial charge in [-0.1, -0.05) is 6.07 Å². The summed E-state index contributed by atoms with van der Waals surface area (Å²) in [6.07, 6.45) is 0. The monoisotopic (exact) mass is 226 g/mol. The van der Waals surface area contributed by atoms with Crippen molar-refractivity contribution < 1.29 is 4.79 Å². The van der Waals surface area contributed by atoms with Crippen molar-refractivity contribution in [3.05, 3.63) is 28.7 Å². The van der Waals surface area contributed by atoms with E-state index >= 15 is 0 Å². The van der Waals surface area contributed by atoms with Gasteiger partial charge in [0.25, 0.3) is 0 Å². The first-order valence-corrected chi connectivity index (χ1v) is 4.89. The normalized spacial score (nSPS) is 9.80. The molecule has 0 saturated carbocycles. The molecule has 0 aromatic heterocycles. The Bertz CT molecular complexity index is 393. The molecule has 0 heterocycles. The Morgan fingerprint density at radius 3 is 2.67 bits per heavy atom. The number of hydrogen-bond acceptors (Lipinski definition) is 3. The zero-order valence-corrected chi connectivity index (χ0v) is 9.28. The maximum atomic E-state index is 11.1. The van der Waals surface area contributed by atoms with Gasteiger partial charge in [-0.15, -0.1) is 4.91 Å². The molecule has 1 amide bonds. The van der Waals surface area contributed by atoms with Crippen LogP contribution in [0.3, 0.4) is 0 Å². The van der Waals surface area contributed by atoms with Gasteiger partial charge in [0.15, 0.2) is 0 Å². The molecule has 1 rings (SSSR count). The van der Waals surface area contributed by atoms with Gasteiger partial charge < -0.3 is 0 Å². The Hall–Kier alpha value is -1.42. The lowest BCUT2D eigenvalue weighted by atomic mass is 10.1. The highest BCUT2D eigenvalue weighted by Crippen LogP contribution is 2.26. The summed E-state index contributed by atoms with van der Waals surface area (Å²) in [4.78, 5) is 22.9. The molecule has 0 unspecified atom stereocenters. The number of halogens is 1. The average Bonchev–Trinajstić information content (AvgIpc) is 2.21. The van der Waals surface area contributed by atoms with Crippen LogP contribution >= 0.6 is 11.6 Å². The third-order valence-corrected chi connectivity index (χ3v) is 2.32. The van der Waals surface area contributed by atoms with E-state index in [2.05, 4.69) is 5.18 Å². The number of carbonyl (C=O) groups excluding carboxylic acids is 1. The molecule has 0 atom stereocenters. The fourth-order valence-corrected chi connectivity index (χ4v) is 1.55. The van der Waals surface area contributed by atoms with Gasteiger partial charge in [-0.25, -0.2) is 0 Å². The molecule has 0 aliphatic carbocycles. The highest BCUT2D eigenvalue weighted by Gasteiger charge is 2.13. The number of nitroso groups, excluding NO2 is 1. The maximum Gasteiger partial charge on any atom is 0.320 e. The van der Waals surface area contributed by atoms with Crippen LogP contribution in [0.4, 0.5) is 16.2 Å². The van der Waals surface area contributed by atoms with Crippen LogP contribution in [0.15, 0.2) is 23.4 Å². The topological polar surface area (TPSA) is 49.7 Å². The van der Waals surface area contributed by atoms with Crippen LogP contribution in [-0.2, 0) is 0 Å². The predicted octanol–water partition coefficient (Wildman–Crippen LogP) is 3.58. The van der Waals surface area contributed by atoms with E-state index in [0.29, 0.717) is 12.2 Å². The highest BCUT2D eigenvalue weighted by molar-refractivity contribution is 6.66. The van der Waals surface area contributed by atoms with Gasteiger partial charge in [0.05, 0.1) is 0 Å². The van der Waals surface area contributed by atoms with Crippen LogP contribution < -0.4 is 4.90 Å². The number of rotatable bonds is 3. The van der Waals surface area contributed by atoms with Crippen LogP contribution in [0.2, 0.25) is 0 Å². The van der Waals surface area contributed by atoms with Crippen molar-refractivity contribution in [1.82, 2.24) is 0 Å². The third kappa shape index (κ3) is 2.53. The minimum absolute atomic E-state index is 0.284. The molecule has 0 radical (unpaired) electrons. The Morgan fingerprint density at radius 1 is 1.53 bits per heavy atom. The van der Waals surface area contributed by atoms with E-state index in [-0.39, 0.29) is 5.69 Å². The van der Waals surface area contributed by atoms with E-state index in [1.165, 1.54) is 4.90 Å². The third-order valence-electron chi connectivity index (χ3n) is 2.12. The fourth-order valence-electron chi connectivity index (χ4n) is 1.33. The molecule has 4 nitrogen and oxygen atoms in total. The molecular formula is C10H11ClN2O2. The van der Waals surface area contributed by atoms with Crippen LogP contribution in [-0.4, -0.2) is 11.9 Å². The van der Waals surface area contributed by atoms with Crippen LogP contribution in [0.1, 0.15) is 12.5 Å². The molecule has 5 heteroatoms. The van der Waals surface area contributed by atoms with E-state index in [9.17, 15) is 9.70 Å². The molecule has 1 aromatic carbocycles. The van der Waals surface area contributed by atoms with E-state index in [1.807, 2.05) is 6.92 Å². The average molecular weight is 227 g/mol. The number of benzene rings is 1. The summed E-state index contributed by atoms with van der Waals surface area (Å²) in [5, 5.41) is 2.25. The summed E-state index contributed by atoms with van der Waals surface area (Å²) in [5.74, 6) is 0. The summed E-state index contributed by atoms with van der Waals surface area (Å²) in [6.45, 7) is 4.10. The summed E-state index contributed by atoms with van der Waals surface area (Å²) in [7, 11) is 0. The van der Waals surface area contributed by atoms with Crippen LogP contribution in [0, 0.1) is 11.8 Å². The molecule has 0 aliphatic rings. The SMILES string of the molecule is CCN(C(=O)Cl)c1cc(N=O)ccc1C. The zero-order valence-electron chi connectivity index (χ0n) is 8.53. The van der Waals surface area contributed by atoms with Gasteiger partial charge >= 0.3 is 5.37 Å². The Kier molecular flexibility index (Phi) is 3.80. The number of hydrogen-bond donors (Lipinski definition) is 0. The Morgan fingerprint density at radius 2 is 2.20 bits per heavy atom. The molecule has 0 bridgehead atoms. The number of carbonyl (C=O) groups is 1. The van der Waals surface area contributed by atoms with Gasteiger partial charge in [-0.05, 0) is 48.3 Å². The Balaban J connectivity index is 3.20. The molecular weight excluding hydrogens is 216 g/mol. The van der Waals surface area contributed by atoms with Crippen molar-refractivity contribution in [1.29, 1.82) is 0 Å². The first-order chi connectivity index (χ1) is 7.10. The lowest BCUT2D eigenvalue weighted by Gasteiger charge is -2.19. The molecule has 0 N–H and O–H groups in total. The lowest BCUT2D eigenvalue weighted by Crippen LogP contribution is -2.25. The first kappa shape index (κ1) is 11.7. The van der Waals surface area contributed by atoms with E-state index in [0.717, 1.165) is 5.56 Å². The molecule has 15 heavy (non-hydrogen) atoms. The number of amides is 1. The van der Waals surface area contributed by atoms with Crippen molar-refractivity contribution in [3.8, 4) is 0 Å². The van der Waals surface area contributed by atoms with E-state index < -0.39 is 5.37 Å². The number of aryl methyl sites for hydroxylation is 1. The molecule has 0 spiro atoms. The number of anilines is 1. The highest BCUT2D eigenvalue weighted by atomic mass is 35.5. The largest absolute Gasteiger partial charge is 0.320 e. The lowest BCUT2D eigenvalue weighted by molar-refractivity contribution is 0.264. The molecule has 0 saturated heterocycles. The van der Waals surface area contributed by atoms with Gasteiger partial charge in [-0.3, -0.25) is 9.69 Å². The smallest absolute Gasteiger partial charge is 0.299 e. The second-order valence-electron chi connectivity index (χ2n) is 3.06. The predicted molar refractivity (Wildman–Crippen MR) is 60.9 cm³/mol. The molecule has 0 fully saturated rings. The van der Waals surface area contributed by atoms with Crippen molar-refractivity contribution in [3.63, 3.8) is 0 Å². The van der Waals surface area contributed by atoms with Crippen molar-refractivity contribution in [2.75, 3.05) is 11.4 Å². The molecule has 80 valence electrons. The van der Waals surface area contributed by atoms with E-state index in [1.54, 1.807) is 25.1 Å². The second kappa shape index (κ2) is 4.89. The fraction of sp³-hybridized carbons (Fsp3) is 0.300. The minimum Gasteiger partial charge on any atom is -0.299 e. The molecule has 0 aliphatic heterocycles. The maximum absolute atomic E-state index is 11.1. The van der Waals surface area contributed by atoms with Gasteiger partial charge in [0, 0.05) is 12.2 Å². The summed E-state index contributed by atoms with van der Waals surface area (Å²) < 4.78 is 0. The Labute approximate surface area is 92.8 Å². The van der Waals surface area contributed by atoms with Crippen LogP contribution in [0.25, 0.3) is 0 Å². The standard InChI is InChI=1S/C10H11ClN2O2/c1-3-13(10(11)14)9-6-8(12-15)5-4-7(9)2/h4-6H,3H2,1-2H3. The van der Waals surface area contributed by atoms with Crippen molar-refractivity contribution >= 4 is 28.3 Å². The van der Waals surface area contributed by atoms with Crippen LogP contribution in [0.5, 0.6) is 0 Å². The van der Waals surface area contributed by atoms with Gasteiger partial charge in [0.2, 0.25) is 0 Å². The first-order valence-electron chi connectivity index (χ1n) is 4.51. The summed E-state index contributed by atoms with van der Waals surface area (Å²) in [6, 6.07) is 4.87. The molecule has 1 aromatic rings. The minimum atomic E-state index is -0.566. The number of nitrogens with zero attached hydrogens (tertiary/aromatic N) is 2. The van der Waals surface area contributed by atoms with Gasteiger partial charge in [-0.2, -0.15) is 0 Å². The van der Waals surface area contributed by atoms with E-state index in [4.69, 9.17) is 11.6 Å². The summed E-state index contributed by atoms with van der Waals surface area (Å²) >= 11 is 5.42. The summed E-state index contributed by atoms with van der Waals surface area (Å²) in [5.41, 5.74) is 1.78. The quantitative estimate of drug-likeness (QED) is 0.449. The second-order valence-corrected chi connectivity index (χ2v) is 3.38. The van der Waals surface area contributed by atoms with Gasteiger partial charge in [0.1, 0.15) is 5.69 Å².